The van der Waals surface area contributed by atoms with E-state index >= 15 is 4.39 Å². The van der Waals surface area contributed by atoms with Gasteiger partial charge in [-0.1, -0.05) is 43.3 Å². The maximum absolute atomic E-state index is 15.3. The first-order valence-electron chi connectivity index (χ1n) is 13.3. The van der Waals surface area contributed by atoms with E-state index in [0.29, 0.717) is 28.5 Å². The van der Waals surface area contributed by atoms with Crippen molar-refractivity contribution in [2.45, 2.75) is 31.6 Å². The maximum atomic E-state index is 15.3. The van der Waals surface area contributed by atoms with Crippen molar-refractivity contribution < 1.29 is 23.1 Å². The highest BCUT2D eigenvalue weighted by molar-refractivity contribution is 8.00. The van der Waals surface area contributed by atoms with Crippen LogP contribution in [0.15, 0.2) is 72.8 Å². The highest BCUT2D eigenvalue weighted by atomic mass is 32.2. The smallest absolute Gasteiger partial charge is 0.240 e. The van der Waals surface area contributed by atoms with Crippen molar-refractivity contribution in [2.75, 3.05) is 24.3 Å². The minimum absolute atomic E-state index is 0.0242. The first-order chi connectivity index (χ1) is 19.8. The molecule has 0 fully saturated rings. The van der Waals surface area contributed by atoms with Crippen molar-refractivity contribution >= 4 is 29.4 Å². The van der Waals surface area contributed by atoms with Crippen molar-refractivity contribution in [3.05, 3.63) is 95.6 Å². The lowest BCUT2D eigenvalue weighted by Crippen LogP contribution is -2.44. The third-order valence-electron chi connectivity index (χ3n) is 7.02. The van der Waals surface area contributed by atoms with Gasteiger partial charge in [0.25, 0.3) is 0 Å². The molecule has 0 saturated heterocycles. The lowest BCUT2D eigenvalue weighted by molar-refractivity contribution is -0.123. The van der Waals surface area contributed by atoms with Crippen LogP contribution in [-0.4, -0.2) is 47.0 Å². The molecule has 4 aromatic rings. The van der Waals surface area contributed by atoms with Crippen molar-refractivity contribution in [2.24, 2.45) is 0 Å². The first kappa shape index (κ1) is 28.4. The number of aromatic nitrogens is 2. The van der Waals surface area contributed by atoms with E-state index in [4.69, 9.17) is 9.84 Å². The van der Waals surface area contributed by atoms with Crippen LogP contribution < -0.4 is 15.0 Å². The summed E-state index contributed by atoms with van der Waals surface area (Å²) in [7, 11) is 1.57. The summed E-state index contributed by atoms with van der Waals surface area (Å²) in [6.07, 6.45) is 0.731. The van der Waals surface area contributed by atoms with Gasteiger partial charge in [-0.05, 0) is 43.7 Å². The molecule has 1 aliphatic rings. The highest BCUT2D eigenvalue weighted by Crippen LogP contribution is 2.49. The van der Waals surface area contributed by atoms with Crippen molar-refractivity contribution in [3.63, 3.8) is 0 Å². The van der Waals surface area contributed by atoms with E-state index in [1.54, 1.807) is 36.1 Å². The number of hydrogen-bond acceptors (Lipinski definition) is 5. The largest absolute Gasteiger partial charge is 0.497 e. The van der Waals surface area contributed by atoms with Crippen LogP contribution >= 0.6 is 11.8 Å². The Balaban J connectivity index is 1.78. The fourth-order valence-corrected chi connectivity index (χ4v) is 5.98. The fraction of sp³-hybridized carbons (Fsp3) is 0.258. The topological polar surface area (TPSA) is 76.5 Å². The quantitative estimate of drug-likeness (QED) is 0.282. The van der Waals surface area contributed by atoms with Gasteiger partial charge in [-0.25, -0.2) is 13.5 Å². The molecular formula is C31H30F2N4O3S. The third-order valence-corrected chi connectivity index (χ3v) is 8.26. The molecule has 0 bridgehead atoms. The van der Waals surface area contributed by atoms with Gasteiger partial charge in [-0.15, -0.1) is 11.8 Å². The number of benzene rings is 3. The molecule has 1 aromatic heterocycles. The summed E-state index contributed by atoms with van der Waals surface area (Å²) in [5.74, 6) is -1.09. The second-order valence-corrected chi connectivity index (χ2v) is 10.9. The minimum atomic E-state index is -0.722. The molecule has 0 spiro atoms. The summed E-state index contributed by atoms with van der Waals surface area (Å²) < 4.78 is 36.2. The molecule has 2 atom stereocenters. The molecule has 1 aliphatic heterocycles. The van der Waals surface area contributed by atoms with Crippen LogP contribution in [0.25, 0.3) is 16.9 Å². The van der Waals surface area contributed by atoms with E-state index in [1.165, 1.54) is 28.8 Å². The number of nitrogens with zero attached hydrogens (tertiary/aromatic N) is 3. The van der Waals surface area contributed by atoms with Crippen LogP contribution in [0.4, 0.5) is 14.6 Å². The van der Waals surface area contributed by atoms with Crippen LogP contribution in [0.1, 0.15) is 36.6 Å². The number of fused-ring (bicyclic) bond motifs is 1. The van der Waals surface area contributed by atoms with E-state index in [9.17, 15) is 14.0 Å². The van der Waals surface area contributed by atoms with Gasteiger partial charge in [0.05, 0.1) is 29.5 Å². The summed E-state index contributed by atoms with van der Waals surface area (Å²) in [4.78, 5) is 28.3. The fourth-order valence-electron chi connectivity index (χ4n) is 4.76. The third kappa shape index (κ3) is 5.83. The van der Waals surface area contributed by atoms with Gasteiger partial charge >= 0.3 is 0 Å². The Bertz CT molecular complexity index is 1560. The number of amides is 2. The average Bonchev–Trinajstić information content (AvgIpc) is 3.31. The van der Waals surface area contributed by atoms with Gasteiger partial charge in [-0.3, -0.25) is 14.5 Å². The zero-order valence-electron chi connectivity index (χ0n) is 22.9. The molecule has 2 amide bonds. The second-order valence-electron chi connectivity index (χ2n) is 9.78. The molecule has 5 rings (SSSR count). The standard InChI is InChI=1S/C31H30F2N4O3S/c1-4-19(2)34-26(38)17-36-27(39)18-41-30(24-15-10-21(32)16-25(24)33)28-29(20-8-6-5-7-9-20)35-37(31(28)36)22-11-13-23(40-3)14-12-22/h5-16,19,30H,4,17-18H2,1-3H3,(H,34,38)/t19-,30+/m1/s1. The van der Waals surface area contributed by atoms with E-state index in [2.05, 4.69) is 5.32 Å². The number of carbonyl (C=O) groups excluding carboxylic acids is 2. The van der Waals surface area contributed by atoms with Gasteiger partial charge in [0.2, 0.25) is 11.8 Å². The molecule has 0 aliphatic carbocycles. The zero-order chi connectivity index (χ0) is 29.1. The number of anilines is 1. The number of thioether (sulfide) groups is 1. The van der Waals surface area contributed by atoms with E-state index < -0.39 is 16.9 Å². The van der Waals surface area contributed by atoms with Crippen LogP contribution in [0.3, 0.4) is 0 Å². The van der Waals surface area contributed by atoms with Crippen molar-refractivity contribution in [1.82, 2.24) is 15.1 Å². The maximum Gasteiger partial charge on any atom is 0.240 e. The number of rotatable bonds is 8. The van der Waals surface area contributed by atoms with Gasteiger partial charge in [0.15, 0.2) is 0 Å². The Morgan fingerprint density at radius 2 is 1.85 bits per heavy atom. The molecule has 3 aromatic carbocycles. The lowest BCUT2D eigenvalue weighted by atomic mass is 9.99. The van der Waals surface area contributed by atoms with Crippen LogP contribution in [0.2, 0.25) is 0 Å². The Morgan fingerprint density at radius 1 is 1.12 bits per heavy atom. The Morgan fingerprint density at radius 3 is 2.51 bits per heavy atom. The van der Waals surface area contributed by atoms with E-state index in [-0.39, 0.29) is 35.7 Å². The van der Waals surface area contributed by atoms with Crippen molar-refractivity contribution in [1.29, 1.82) is 0 Å². The summed E-state index contributed by atoms with van der Waals surface area (Å²) >= 11 is 1.22. The van der Waals surface area contributed by atoms with E-state index in [1.807, 2.05) is 44.2 Å². The number of methoxy groups -OCH3 is 1. The van der Waals surface area contributed by atoms with Gasteiger partial charge in [0.1, 0.15) is 29.7 Å². The number of carbonyl (C=O) groups is 2. The minimum Gasteiger partial charge on any atom is -0.497 e. The molecule has 0 radical (unpaired) electrons. The molecule has 212 valence electrons. The number of halogens is 2. The molecule has 2 heterocycles. The Labute approximate surface area is 241 Å². The molecule has 1 N–H and O–H groups in total. The Hall–Kier alpha value is -4.18. The molecule has 7 nitrogen and oxygen atoms in total. The van der Waals surface area contributed by atoms with E-state index in [0.717, 1.165) is 18.1 Å². The van der Waals surface area contributed by atoms with Crippen LogP contribution in [0.5, 0.6) is 5.75 Å². The van der Waals surface area contributed by atoms with Crippen molar-refractivity contribution in [3.8, 4) is 22.7 Å². The molecule has 0 unspecified atom stereocenters. The predicted molar refractivity (Wildman–Crippen MR) is 156 cm³/mol. The monoisotopic (exact) mass is 576 g/mol. The lowest BCUT2D eigenvalue weighted by Gasteiger charge is -2.24. The van der Waals surface area contributed by atoms with Crippen LogP contribution in [0, 0.1) is 11.6 Å². The van der Waals surface area contributed by atoms with Gasteiger partial charge in [-0.2, -0.15) is 5.10 Å². The molecular weight excluding hydrogens is 546 g/mol. The Kier molecular flexibility index (Phi) is 8.39. The van der Waals surface area contributed by atoms with Crippen LogP contribution in [-0.2, 0) is 9.59 Å². The molecule has 41 heavy (non-hydrogen) atoms. The number of nitrogens with one attached hydrogen (secondary N) is 1. The molecule has 10 heteroatoms. The van der Waals surface area contributed by atoms with Gasteiger partial charge < -0.3 is 10.1 Å². The summed E-state index contributed by atoms with van der Waals surface area (Å²) in [5, 5.41) is 7.19. The summed E-state index contributed by atoms with van der Waals surface area (Å²) in [6.45, 7) is 3.61. The number of hydrogen-bond donors (Lipinski definition) is 1. The highest BCUT2D eigenvalue weighted by Gasteiger charge is 2.38. The van der Waals surface area contributed by atoms with Gasteiger partial charge in [0, 0.05) is 28.8 Å². The normalized spacial score (nSPS) is 15.7. The predicted octanol–water partition coefficient (Wildman–Crippen LogP) is 5.91. The zero-order valence-corrected chi connectivity index (χ0v) is 23.8. The molecule has 0 saturated carbocycles. The SMILES string of the molecule is CC[C@@H](C)NC(=O)CN1C(=O)CS[C@@H](c2ccc(F)cc2F)c2c(-c3ccccc3)nn(-c3ccc(OC)cc3)c21. The second kappa shape index (κ2) is 12.1. The first-order valence-corrected chi connectivity index (χ1v) is 14.3. The summed E-state index contributed by atoms with van der Waals surface area (Å²) in [6, 6.07) is 19.9. The number of ether oxygens (including phenoxy) is 1. The average molecular weight is 577 g/mol. The summed E-state index contributed by atoms with van der Waals surface area (Å²) in [5.41, 5.74) is 2.68.